The van der Waals surface area contributed by atoms with Gasteiger partial charge in [-0.1, -0.05) is 128 Å². The van der Waals surface area contributed by atoms with Crippen LogP contribution in [0, 0.1) is 5.92 Å². The summed E-state index contributed by atoms with van der Waals surface area (Å²) in [6.45, 7) is 14.4. The van der Waals surface area contributed by atoms with Crippen LogP contribution < -0.4 is 0 Å². The Bertz CT molecular complexity index is 1050. The Labute approximate surface area is 354 Å². The molecule has 0 saturated carbocycles. The number of ether oxygens (including phenoxy) is 6. The van der Waals surface area contributed by atoms with E-state index in [1.165, 1.54) is 25.7 Å². The lowest BCUT2D eigenvalue weighted by atomic mass is 10.1. The highest BCUT2D eigenvalue weighted by Gasteiger charge is 2.20. The van der Waals surface area contributed by atoms with Gasteiger partial charge < -0.3 is 33.3 Å². The third-order valence-electron chi connectivity index (χ3n) is 9.47. The molecule has 0 aromatic heterocycles. The molecular formula is C48H85NO9. The predicted molar refractivity (Wildman–Crippen MR) is 237 cm³/mol. The van der Waals surface area contributed by atoms with Gasteiger partial charge >= 0.3 is 18.1 Å². The summed E-state index contributed by atoms with van der Waals surface area (Å²) in [4.78, 5) is 40.1. The second kappa shape index (κ2) is 43.6. The van der Waals surface area contributed by atoms with Crippen LogP contribution >= 0.6 is 0 Å². The van der Waals surface area contributed by atoms with Gasteiger partial charge in [0.15, 0.2) is 6.29 Å². The topological polar surface area (TPSA) is 110 Å². The zero-order chi connectivity index (χ0) is 42.6. The fourth-order valence-electron chi connectivity index (χ4n) is 5.79. The van der Waals surface area contributed by atoms with E-state index in [1.54, 1.807) is 0 Å². The van der Waals surface area contributed by atoms with Gasteiger partial charge in [-0.25, -0.2) is 4.79 Å². The highest BCUT2D eigenvalue weighted by Crippen LogP contribution is 2.12. The number of carbonyl (C=O) groups excluding carboxylic acids is 3. The van der Waals surface area contributed by atoms with E-state index in [1.807, 2.05) is 0 Å². The minimum absolute atomic E-state index is 0.0342. The molecule has 0 saturated heterocycles. The molecule has 1 atom stereocenters. The lowest BCUT2D eigenvalue weighted by Gasteiger charge is -2.19. The molecule has 0 aliphatic carbocycles. The van der Waals surface area contributed by atoms with Gasteiger partial charge in [-0.3, -0.25) is 9.59 Å². The monoisotopic (exact) mass is 820 g/mol. The number of unbranched alkanes of at least 4 members (excludes halogenated alkanes) is 10. The molecule has 1 unspecified atom stereocenters. The molecule has 0 rings (SSSR count). The molecule has 0 radical (unpaired) electrons. The summed E-state index contributed by atoms with van der Waals surface area (Å²) in [6, 6.07) is 0. The number of esters is 2. The van der Waals surface area contributed by atoms with E-state index in [0.29, 0.717) is 32.5 Å². The molecule has 58 heavy (non-hydrogen) atoms. The van der Waals surface area contributed by atoms with Crippen LogP contribution in [0.5, 0.6) is 0 Å². The predicted octanol–water partition coefficient (Wildman–Crippen LogP) is 12.0. The number of hydrogen-bond acceptors (Lipinski definition) is 10. The van der Waals surface area contributed by atoms with Crippen molar-refractivity contribution in [1.82, 2.24) is 4.90 Å². The van der Waals surface area contributed by atoms with Gasteiger partial charge in [0.25, 0.3) is 0 Å². The first-order chi connectivity index (χ1) is 28.4. The van der Waals surface area contributed by atoms with Crippen LogP contribution in [0.3, 0.4) is 0 Å². The van der Waals surface area contributed by atoms with Crippen molar-refractivity contribution in [2.45, 2.75) is 176 Å². The van der Waals surface area contributed by atoms with E-state index in [4.69, 9.17) is 28.4 Å². The number of nitrogens with zero attached hydrogens (tertiary/aromatic N) is 1. The van der Waals surface area contributed by atoms with Crippen LogP contribution in [0.4, 0.5) is 4.79 Å². The van der Waals surface area contributed by atoms with Crippen LogP contribution in [0.25, 0.3) is 0 Å². The Morgan fingerprint density at radius 1 is 0.483 bits per heavy atom. The molecule has 0 aromatic carbocycles. The van der Waals surface area contributed by atoms with E-state index in [9.17, 15) is 14.4 Å². The maximum Gasteiger partial charge on any atom is 0.508 e. The second-order valence-electron chi connectivity index (χ2n) is 14.8. The molecule has 0 spiro atoms. The summed E-state index contributed by atoms with van der Waals surface area (Å²) < 4.78 is 33.7. The second-order valence-corrected chi connectivity index (χ2v) is 14.8. The van der Waals surface area contributed by atoms with Gasteiger partial charge in [0, 0.05) is 19.4 Å². The standard InChI is InChI=1S/C48H85NO9/c1-6-11-14-17-18-19-20-21-22-23-24-25-26-27-30-34-45(50)56-41-44(43-58-48(52)55-40-33-37-49(9-4)10-5)42-57-46(51)35-36-47(53-38-31-28-15-12-7-2)54-39-32-29-16-13-8-3/h15-16,18-19,21-22,28-29,44,47H,6-14,17,20,23-27,30-43H2,1-5H3/b19-18-,22-21-,28-15-,29-16-. The van der Waals surface area contributed by atoms with Gasteiger partial charge in [-0.15, -0.1) is 0 Å². The molecule has 0 fully saturated rings. The molecular weight excluding hydrogens is 735 g/mol. The number of hydrogen-bond donors (Lipinski definition) is 0. The van der Waals surface area contributed by atoms with E-state index < -0.39 is 24.3 Å². The van der Waals surface area contributed by atoms with Crippen molar-refractivity contribution in [3.8, 4) is 0 Å². The molecule has 0 N–H and O–H groups in total. The lowest BCUT2D eigenvalue weighted by molar-refractivity contribution is -0.160. The summed E-state index contributed by atoms with van der Waals surface area (Å²) in [5.41, 5.74) is 0. The molecule has 0 amide bonds. The summed E-state index contributed by atoms with van der Waals surface area (Å²) in [5.74, 6) is -1.27. The van der Waals surface area contributed by atoms with Crippen molar-refractivity contribution in [2.24, 2.45) is 5.92 Å². The van der Waals surface area contributed by atoms with Crippen LogP contribution in [0.2, 0.25) is 0 Å². The first-order valence-electron chi connectivity index (χ1n) is 23.1. The molecule has 0 aliphatic heterocycles. The molecule has 0 aliphatic rings. The van der Waals surface area contributed by atoms with E-state index in [-0.39, 0.29) is 38.8 Å². The van der Waals surface area contributed by atoms with Gasteiger partial charge in [-0.05, 0) is 83.7 Å². The number of allylic oxidation sites excluding steroid dienone is 6. The van der Waals surface area contributed by atoms with Gasteiger partial charge in [0.05, 0.1) is 32.2 Å². The van der Waals surface area contributed by atoms with Gasteiger partial charge in [0.1, 0.15) is 19.8 Å². The lowest BCUT2D eigenvalue weighted by Crippen LogP contribution is -2.28. The molecule has 10 heteroatoms. The number of carbonyl (C=O) groups is 3. The molecule has 0 aromatic rings. The van der Waals surface area contributed by atoms with Crippen molar-refractivity contribution in [3.05, 3.63) is 48.6 Å². The maximum absolute atomic E-state index is 12.9. The minimum Gasteiger partial charge on any atom is -0.465 e. The molecule has 10 nitrogen and oxygen atoms in total. The first kappa shape index (κ1) is 55.0. The van der Waals surface area contributed by atoms with Crippen molar-refractivity contribution >= 4 is 18.1 Å². The van der Waals surface area contributed by atoms with Crippen LogP contribution in [-0.4, -0.2) is 88.6 Å². The van der Waals surface area contributed by atoms with Crippen LogP contribution in [-0.2, 0) is 38.0 Å². The number of rotatable bonds is 41. The van der Waals surface area contributed by atoms with E-state index in [0.717, 1.165) is 103 Å². The van der Waals surface area contributed by atoms with Gasteiger partial charge in [0.2, 0.25) is 0 Å². The zero-order valence-electron chi connectivity index (χ0n) is 37.6. The Morgan fingerprint density at radius 3 is 1.59 bits per heavy atom. The van der Waals surface area contributed by atoms with Crippen molar-refractivity contribution in [3.63, 3.8) is 0 Å². The molecule has 336 valence electrons. The van der Waals surface area contributed by atoms with Gasteiger partial charge in [-0.2, -0.15) is 0 Å². The largest absolute Gasteiger partial charge is 0.508 e. The van der Waals surface area contributed by atoms with Crippen LogP contribution in [0.15, 0.2) is 48.6 Å². The fraction of sp³-hybridized carbons (Fsp3) is 0.771. The van der Waals surface area contributed by atoms with Crippen molar-refractivity contribution in [1.29, 1.82) is 0 Å². The Kier molecular flexibility index (Phi) is 41.4. The first-order valence-corrected chi connectivity index (χ1v) is 23.1. The minimum atomic E-state index is -0.793. The van der Waals surface area contributed by atoms with Crippen molar-refractivity contribution in [2.75, 3.05) is 59.3 Å². The smallest absolute Gasteiger partial charge is 0.465 e. The SMILES string of the molecule is CCC/C=C\CCOC(CCC(=O)OCC(COC(=O)CCCCCCC/C=C\C/C=C\CCCCC)COC(=O)OCCCN(CC)CC)OCC/C=C\CCC. The third-order valence-corrected chi connectivity index (χ3v) is 9.47. The summed E-state index contributed by atoms with van der Waals surface area (Å²) in [7, 11) is 0. The van der Waals surface area contributed by atoms with E-state index in [2.05, 4.69) is 88.1 Å². The Morgan fingerprint density at radius 2 is 1.00 bits per heavy atom. The van der Waals surface area contributed by atoms with E-state index >= 15 is 0 Å². The average Bonchev–Trinajstić information content (AvgIpc) is 3.23. The normalized spacial score (nSPS) is 12.5. The summed E-state index contributed by atoms with van der Waals surface area (Å²) in [5, 5.41) is 0. The maximum atomic E-state index is 12.9. The molecule has 0 bridgehead atoms. The molecule has 0 heterocycles. The third kappa shape index (κ3) is 38.6. The fourth-order valence-corrected chi connectivity index (χ4v) is 5.79. The highest BCUT2D eigenvalue weighted by atomic mass is 16.7. The summed E-state index contributed by atoms with van der Waals surface area (Å²) >= 11 is 0. The summed E-state index contributed by atoms with van der Waals surface area (Å²) in [6.07, 6.45) is 35.7. The average molecular weight is 820 g/mol. The highest BCUT2D eigenvalue weighted by molar-refractivity contribution is 5.69. The van der Waals surface area contributed by atoms with Crippen LogP contribution in [0.1, 0.15) is 169 Å². The Hall–Kier alpha value is -2.95. The quantitative estimate of drug-likeness (QED) is 0.0194. The zero-order valence-corrected chi connectivity index (χ0v) is 37.6. The Balaban J connectivity index is 4.84. The van der Waals surface area contributed by atoms with Crippen molar-refractivity contribution < 1.29 is 42.8 Å².